The molecule has 0 saturated carbocycles. The van der Waals surface area contributed by atoms with Gasteiger partial charge in [-0.05, 0) is 37.1 Å². The summed E-state index contributed by atoms with van der Waals surface area (Å²) < 4.78 is 0. The van der Waals surface area contributed by atoms with Gasteiger partial charge in [-0.2, -0.15) is 0 Å². The number of hydrogen-bond donors (Lipinski definition) is 2. The van der Waals surface area contributed by atoms with Gasteiger partial charge >= 0.3 is 0 Å². The molecule has 88 valence electrons. The van der Waals surface area contributed by atoms with Crippen LogP contribution in [0, 0.1) is 5.92 Å². The quantitative estimate of drug-likeness (QED) is 0.748. The molecular formula is C13H20N2O. The van der Waals surface area contributed by atoms with Crippen molar-refractivity contribution >= 4 is 11.4 Å². The van der Waals surface area contributed by atoms with E-state index < -0.39 is 0 Å². The molecule has 0 spiro atoms. The summed E-state index contributed by atoms with van der Waals surface area (Å²) in [7, 11) is 0. The minimum atomic E-state index is -0.130. The second-order valence-electron chi connectivity index (χ2n) is 4.56. The van der Waals surface area contributed by atoms with Crippen LogP contribution in [0.5, 0.6) is 0 Å². The number of nitrogen functional groups attached to an aromatic ring is 1. The highest BCUT2D eigenvalue weighted by Gasteiger charge is 2.26. The number of aliphatic hydroxyl groups is 1. The molecule has 16 heavy (non-hydrogen) atoms. The maximum atomic E-state index is 9.83. The van der Waals surface area contributed by atoms with E-state index in [1.54, 1.807) is 0 Å². The van der Waals surface area contributed by atoms with Gasteiger partial charge in [-0.25, -0.2) is 0 Å². The van der Waals surface area contributed by atoms with Crippen molar-refractivity contribution in [2.75, 3.05) is 23.7 Å². The van der Waals surface area contributed by atoms with Crippen molar-refractivity contribution in [3.63, 3.8) is 0 Å². The molecule has 3 N–H and O–H groups in total. The Balaban J connectivity index is 2.08. The first-order valence-corrected chi connectivity index (χ1v) is 5.99. The molecule has 1 aliphatic rings. The van der Waals surface area contributed by atoms with Crippen molar-refractivity contribution in [3.8, 4) is 0 Å². The van der Waals surface area contributed by atoms with Gasteiger partial charge in [-0.3, -0.25) is 0 Å². The molecule has 0 radical (unpaired) electrons. The summed E-state index contributed by atoms with van der Waals surface area (Å²) in [6, 6.07) is 7.97. The van der Waals surface area contributed by atoms with Crippen molar-refractivity contribution in [1.29, 1.82) is 0 Å². The summed E-state index contributed by atoms with van der Waals surface area (Å²) in [4.78, 5) is 2.33. The van der Waals surface area contributed by atoms with Gasteiger partial charge < -0.3 is 15.7 Å². The average Bonchev–Trinajstić information content (AvgIpc) is 2.31. The lowest BCUT2D eigenvalue weighted by atomic mass is 9.92. The van der Waals surface area contributed by atoms with E-state index >= 15 is 0 Å². The van der Waals surface area contributed by atoms with Gasteiger partial charge in [0.15, 0.2) is 0 Å². The van der Waals surface area contributed by atoms with Crippen molar-refractivity contribution in [2.24, 2.45) is 5.92 Å². The Morgan fingerprint density at radius 1 is 1.38 bits per heavy atom. The monoisotopic (exact) mass is 220 g/mol. The molecule has 1 saturated heterocycles. The van der Waals surface area contributed by atoms with Crippen LogP contribution < -0.4 is 10.6 Å². The normalized spacial score (nSPS) is 25.8. The zero-order chi connectivity index (χ0) is 11.5. The minimum Gasteiger partial charge on any atom is -0.399 e. The number of nitrogens with two attached hydrogens (primary N) is 1. The largest absolute Gasteiger partial charge is 0.399 e. The second-order valence-corrected chi connectivity index (χ2v) is 4.56. The van der Waals surface area contributed by atoms with Gasteiger partial charge in [0.05, 0.1) is 6.10 Å². The Labute approximate surface area is 96.9 Å². The predicted molar refractivity (Wildman–Crippen MR) is 67.5 cm³/mol. The first-order chi connectivity index (χ1) is 7.70. The Kier molecular flexibility index (Phi) is 3.34. The molecule has 2 unspecified atom stereocenters. The molecule has 0 amide bonds. The topological polar surface area (TPSA) is 49.5 Å². The van der Waals surface area contributed by atoms with Crippen LogP contribution >= 0.6 is 0 Å². The molecule has 3 nitrogen and oxygen atoms in total. The number of piperidine rings is 1. The van der Waals surface area contributed by atoms with E-state index in [-0.39, 0.29) is 6.10 Å². The van der Waals surface area contributed by atoms with E-state index in [4.69, 9.17) is 5.73 Å². The molecule has 1 aromatic rings. The van der Waals surface area contributed by atoms with Gasteiger partial charge in [0.25, 0.3) is 0 Å². The smallest absolute Gasteiger partial charge is 0.0602 e. The fraction of sp³-hybridized carbons (Fsp3) is 0.538. The van der Waals surface area contributed by atoms with Gasteiger partial charge in [0.2, 0.25) is 0 Å². The van der Waals surface area contributed by atoms with E-state index in [1.165, 1.54) is 5.69 Å². The van der Waals surface area contributed by atoms with Crippen LogP contribution in [-0.2, 0) is 0 Å². The fourth-order valence-corrected chi connectivity index (χ4v) is 2.34. The first kappa shape index (κ1) is 11.3. The third-order valence-corrected chi connectivity index (χ3v) is 3.48. The summed E-state index contributed by atoms with van der Waals surface area (Å²) in [5.74, 6) is 0.395. The molecule has 0 bridgehead atoms. The summed E-state index contributed by atoms with van der Waals surface area (Å²) in [6.45, 7) is 4.02. The van der Waals surface area contributed by atoms with Crippen molar-refractivity contribution in [3.05, 3.63) is 24.3 Å². The minimum absolute atomic E-state index is 0.130. The SMILES string of the molecule is CCC1CN(c2ccc(N)cc2)CCC1O. The molecule has 1 aromatic carbocycles. The lowest BCUT2D eigenvalue weighted by Gasteiger charge is -2.37. The molecule has 1 heterocycles. The highest BCUT2D eigenvalue weighted by Crippen LogP contribution is 2.25. The average molecular weight is 220 g/mol. The van der Waals surface area contributed by atoms with E-state index in [1.807, 2.05) is 12.1 Å². The highest BCUT2D eigenvalue weighted by molar-refractivity contribution is 5.53. The maximum Gasteiger partial charge on any atom is 0.0602 e. The van der Waals surface area contributed by atoms with Gasteiger partial charge in [0, 0.05) is 30.4 Å². The van der Waals surface area contributed by atoms with Crippen LogP contribution in [0.4, 0.5) is 11.4 Å². The van der Waals surface area contributed by atoms with Crippen molar-refractivity contribution in [2.45, 2.75) is 25.9 Å². The van der Waals surface area contributed by atoms with Gasteiger partial charge in [-0.1, -0.05) is 6.92 Å². The standard InChI is InChI=1S/C13H20N2O/c1-2-10-9-15(8-7-13(10)16)12-5-3-11(14)4-6-12/h3-6,10,13,16H,2,7-9,14H2,1H3. The van der Waals surface area contributed by atoms with Crippen LogP contribution in [0.2, 0.25) is 0 Å². The molecular weight excluding hydrogens is 200 g/mol. The van der Waals surface area contributed by atoms with Crippen LogP contribution in [-0.4, -0.2) is 24.3 Å². The Bertz CT molecular complexity index is 336. The second kappa shape index (κ2) is 4.74. The Morgan fingerprint density at radius 3 is 2.69 bits per heavy atom. The van der Waals surface area contributed by atoms with E-state index in [9.17, 15) is 5.11 Å². The summed E-state index contributed by atoms with van der Waals surface area (Å²) >= 11 is 0. The molecule has 1 aliphatic heterocycles. The molecule has 3 heteroatoms. The van der Waals surface area contributed by atoms with E-state index in [0.717, 1.165) is 31.6 Å². The molecule has 0 aliphatic carbocycles. The number of aliphatic hydroxyl groups excluding tert-OH is 1. The highest BCUT2D eigenvalue weighted by atomic mass is 16.3. The Hall–Kier alpha value is -1.22. The number of rotatable bonds is 2. The van der Waals surface area contributed by atoms with E-state index in [0.29, 0.717) is 5.92 Å². The zero-order valence-electron chi connectivity index (χ0n) is 9.76. The third-order valence-electron chi connectivity index (χ3n) is 3.48. The summed E-state index contributed by atoms with van der Waals surface area (Å²) in [5, 5.41) is 9.83. The number of nitrogens with zero attached hydrogens (tertiary/aromatic N) is 1. The van der Waals surface area contributed by atoms with Crippen molar-refractivity contribution in [1.82, 2.24) is 0 Å². The van der Waals surface area contributed by atoms with Crippen LogP contribution in [0.25, 0.3) is 0 Å². The predicted octanol–water partition coefficient (Wildman–Crippen LogP) is 1.87. The van der Waals surface area contributed by atoms with E-state index in [2.05, 4.69) is 24.0 Å². The molecule has 2 rings (SSSR count). The number of benzene rings is 1. The van der Waals surface area contributed by atoms with Crippen molar-refractivity contribution < 1.29 is 5.11 Å². The Morgan fingerprint density at radius 2 is 2.06 bits per heavy atom. The fourth-order valence-electron chi connectivity index (χ4n) is 2.34. The van der Waals surface area contributed by atoms with Gasteiger partial charge in [-0.15, -0.1) is 0 Å². The van der Waals surface area contributed by atoms with Gasteiger partial charge in [0.1, 0.15) is 0 Å². The number of hydrogen-bond acceptors (Lipinski definition) is 3. The number of anilines is 2. The molecule has 0 aromatic heterocycles. The lowest BCUT2D eigenvalue weighted by Crippen LogP contribution is -2.42. The molecule has 2 atom stereocenters. The summed E-state index contributed by atoms with van der Waals surface area (Å²) in [5.41, 5.74) is 7.68. The third kappa shape index (κ3) is 2.30. The van der Waals surface area contributed by atoms with Crippen LogP contribution in [0.3, 0.4) is 0 Å². The lowest BCUT2D eigenvalue weighted by molar-refractivity contribution is 0.0860. The maximum absolute atomic E-state index is 9.83. The molecule has 1 fully saturated rings. The first-order valence-electron chi connectivity index (χ1n) is 5.99. The van der Waals surface area contributed by atoms with Crippen LogP contribution in [0.15, 0.2) is 24.3 Å². The zero-order valence-corrected chi connectivity index (χ0v) is 9.76. The summed E-state index contributed by atoms with van der Waals surface area (Å²) in [6.07, 6.45) is 1.77. The van der Waals surface area contributed by atoms with Crippen LogP contribution in [0.1, 0.15) is 19.8 Å².